The van der Waals surface area contributed by atoms with Gasteiger partial charge in [0.05, 0.1) is 0 Å². The van der Waals surface area contributed by atoms with Crippen LogP contribution < -0.4 is 0 Å². The molecule has 0 fully saturated rings. The lowest BCUT2D eigenvalue weighted by Gasteiger charge is -2.18. The Labute approximate surface area is 93.4 Å². The molecule has 0 aromatic heterocycles. The van der Waals surface area contributed by atoms with Gasteiger partial charge in [0.15, 0.2) is 0 Å². The van der Waals surface area contributed by atoms with Gasteiger partial charge in [-0.1, -0.05) is 36.4 Å². The Bertz CT molecular complexity index is 277. The van der Waals surface area contributed by atoms with E-state index in [9.17, 15) is 0 Å². The van der Waals surface area contributed by atoms with Gasteiger partial charge in [-0.15, -0.1) is 6.58 Å². The van der Waals surface area contributed by atoms with Crippen molar-refractivity contribution in [3.63, 3.8) is 0 Å². The van der Waals surface area contributed by atoms with Gasteiger partial charge in [0.2, 0.25) is 0 Å². The maximum Gasteiger partial charge on any atom is -0.00189 e. The van der Waals surface area contributed by atoms with Gasteiger partial charge in [-0.2, -0.15) is 0 Å². The van der Waals surface area contributed by atoms with E-state index < -0.39 is 0 Å². The van der Waals surface area contributed by atoms with Gasteiger partial charge in [-0.05, 0) is 45.0 Å². The van der Waals surface area contributed by atoms with E-state index in [1.165, 1.54) is 12.0 Å². The highest BCUT2D eigenvalue weighted by Gasteiger charge is 2.09. The van der Waals surface area contributed by atoms with Crippen LogP contribution in [0.1, 0.15) is 24.3 Å². The van der Waals surface area contributed by atoms with Crippen molar-refractivity contribution < 1.29 is 0 Å². The van der Waals surface area contributed by atoms with E-state index >= 15 is 0 Å². The second-order valence-corrected chi connectivity index (χ2v) is 4.22. The lowest BCUT2D eigenvalue weighted by Crippen LogP contribution is -2.15. The van der Waals surface area contributed by atoms with E-state index in [2.05, 4.69) is 55.9 Å². The summed E-state index contributed by atoms with van der Waals surface area (Å²) in [5, 5.41) is 0. The second-order valence-electron chi connectivity index (χ2n) is 4.22. The second kappa shape index (κ2) is 6.41. The minimum atomic E-state index is 0.617. The first-order valence-corrected chi connectivity index (χ1v) is 5.54. The predicted molar refractivity (Wildman–Crippen MR) is 67.2 cm³/mol. The summed E-state index contributed by atoms with van der Waals surface area (Å²) in [6, 6.07) is 10.7. The van der Waals surface area contributed by atoms with Crippen LogP contribution >= 0.6 is 0 Å². The molecular formula is C14H21N. The molecule has 0 amide bonds. The van der Waals surface area contributed by atoms with Crippen LogP contribution in [0.15, 0.2) is 43.0 Å². The number of hydrogen-bond acceptors (Lipinski definition) is 1. The van der Waals surface area contributed by atoms with E-state index in [0.717, 1.165) is 13.0 Å². The average Bonchev–Trinajstić information content (AvgIpc) is 2.25. The molecule has 0 aliphatic rings. The van der Waals surface area contributed by atoms with Gasteiger partial charge < -0.3 is 4.90 Å². The fraction of sp³-hybridized carbons (Fsp3) is 0.429. The third-order valence-electron chi connectivity index (χ3n) is 2.65. The van der Waals surface area contributed by atoms with Crippen molar-refractivity contribution in [1.82, 2.24) is 4.90 Å². The summed E-state index contributed by atoms with van der Waals surface area (Å²) in [5.74, 6) is 0.617. The van der Waals surface area contributed by atoms with Crippen molar-refractivity contribution in [2.75, 3.05) is 20.6 Å². The number of rotatable bonds is 6. The third-order valence-corrected chi connectivity index (χ3v) is 2.65. The number of allylic oxidation sites excluding steroid dienone is 1. The van der Waals surface area contributed by atoms with Crippen LogP contribution in [0.4, 0.5) is 0 Å². The highest BCUT2D eigenvalue weighted by Crippen LogP contribution is 2.23. The first-order chi connectivity index (χ1) is 7.24. The summed E-state index contributed by atoms with van der Waals surface area (Å²) < 4.78 is 0. The molecule has 1 nitrogen and oxygen atoms in total. The minimum Gasteiger partial charge on any atom is -0.309 e. The predicted octanol–water partition coefficient (Wildman–Crippen LogP) is 3.30. The summed E-state index contributed by atoms with van der Waals surface area (Å²) in [6.45, 7) is 4.97. The highest BCUT2D eigenvalue weighted by atomic mass is 15.0. The van der Waals surface area contributed by atoms with Crippen molar-refractivity contribution in [3.05, 3.63) is 48.6 Å². The van der Waals surface area contributed by atoms with E-state index in [1.807, 2.05) is 6.08 Å². The normalized spacial score (nSPS) is 12.7. The summed E-state index contributed by atoms with van der Waals surface area (Å²) in [7, 11) is 4.24. The maximum atomic E-state index is 3.84. The summed E-state index contributed by atoms with van der Waals surface area (Å²) >= 11 is 0. The summed E-state index contributed by atoms with van der Waals surface area (Å²) in [4.78, 5) is 2.24. The quantitative estimate of drug-likeness (QED) is 0.641. The number of benzene rings is 1. The Kier molecular flexibility index (Phi) is 5.13. The van der Waals surface area contributed by atoms with Crippen molar-refractivity contribution in [1.29, 1.82) is 0 Å². The highest BCUT2D eigenvalue weighted by molar-refractivity contribution is 5.20. The summed E-state index contributed by atoms with van der Waals surface area (Å²) in [6.07, 6.45) is 4.29. The molecule has 1 rings (SSSR count). The molecule has 1 atom stereocenters. The molecule has 0 saturated heterocycles. The van der Waals surface area contributed by atoms with Gasteiger partial charge in [0, 0.05) is 0 Å². The largest absolute Gasteiger partial charge is 0.309 e. The van der Waals surface area contributed by atoms with Gasteiger partial charge in [-0.25, -0.2) is 0 Å². The topological polar surface area (TPSA) is 3.24 Å². The van der Waals surface area contributed by atoms with E-state index in [0.29, 0.717) is 5.92 Å². The molecule has 0 N–H and O–H groups in total. The molecule has 0 bridgehead atoms. The first-order valence-electron chi connectivity index (χ1n) is 5.54. The zero-order chi connectivity index (χ0) is 11.1. The standard InChI is InChI=1S/C14H21N/c1-4-8-13(11-12-15(2)3)14-9-6-5-7-10-14/h4-7,9-10,13H,1,8,11-12H2,2-3H3. The molecule has 82 valence electrons. The van der Waals surface area contributed by atoms with Gasteiger partial charge in [0.25, 0.3) is 0 Å². The Hall–Kier alpha value is -1.08. The van der Waals surface area contributed by atoms with Crippen LogP contribution in [0.25, 0.3) is 0 Å². The van der Waals surface area contributed by atoms with Crippen LogP contribution in [-0.2, 0) is 0 Å². The molecule has 0 radical (unpaired) electrons. The molecular weight excluding hydrogens is 182 g/mol. The van der Waals surface area contributed by atoms with E-state index in [1.54, 1.807) is 0 Å². The van der Waals surface area contributed by atoms with E-state index in [4.69, 9.17) is 0 Å². The molecule has 1 aromatic rings. The molecule has 0 spiro atoms. The molecule has 1 heteroatoms. The van der Waals surface area contributed by atoms with Crippen molar-refractivity contribution in [2.45, 2.75) is 18.8 Å². The molecule has 0 heterocycles. The SMILES string of the molecule is C=CCC(CCN(C)C)c1ccccc1. The van der Waals surface area contributed by atoms with Gasteiger partial charge in [0.1, 0.15) is 0 Å². The molecule has 1 unspecified atom stereocenters. The van der Waals surface area contributed by atoms with Crippen LogP contribution in [-0.4, -0.2) is 25.5 Å². The lowest BCUT2D eigenvalue weighted by atomic mass is 9.92. The number of nitrogens with zero attached hydrogens (tertiary/aromatic N) is 1. The minimum absolute atomic E-state index is 0.617. The smallest absolute Gasteiger partial charge is 0.00189 e. The van der Waals surface area contributed by atoms with Crippen molar-refractivity contribution in [2.24, 2.45) is 0 Å². The summed E-state index contributed by atoms with van der Waals surface area (Å²) in [5.41, 5.74) is 1.43. The average molecular weight is 203 g/mol. The van der Waals surface area contributed by atoms with E-state index in [-0.39, 0.29) is 0 Å². The lowest BCUT2D eigenvalue weighted by molar-refractivity contribution is 0.381. The van der Waals surface area contributed by atoms with Crippen LogP contribution in [0.5, 0.6) is 0 Å². The van der Waals surface area contributed by atoms with Gasteiger partial charge >= 0.3 is 0 Å². The van der Waals surface area contributed by atoms with Crippen LogP contribution in [0.2, 0.25) is 0 Å². The molecule has 0 aliphatic heterocycles. The zero-order valence-electron chi connectivity index (χ0n) is 9.82. The van der Waals surface area contributed by atoms with Crippen LogP contribution in [0, 0.1) is 0 Å². The zero-order valence-corrected chi connectivity index (χ0v) is 9.82. The first kappa shape index (κ1) is 12.0. The Morgan fingerprint density at radius 3 is 2.47 bits per heavy atom. The van der Waals surface area contributed by atoms with Gasteiger partial charge in [-0.3, -0.25) is 0 Å². The Morgan fingerprint density at radius 1 is 1.27 bits per heavy atom. The fourth-order valence-corrected chi connectivity index (χ4v) is 1.76. The van der Waals surface area contributed by atoms with Crippen LogP contribution in [0.3, 0.4) is 0 Å². The molecule has 0 aliphatic carbocycles. The fourth-order valence-electron chi connectivity index (χ4n) is 1.76. The molecule has 0 saturated carbocycles. The monoisotopic (exact) mass is 203 g/mol. The molecule has 15 heavy (non-hydrogen) atoms. The Balaban J connectivity index is 2.61. The van der Waals surface area contributed by atoms with Crippen molar-refractivity contribution in [3.8, 4) is 0 Å². The number of hydrogen-bond donors (Lipinski definition) is 0. The maximum absolute atomic E-state index is 3.84. The third kappa shape index (κ3) is 4.30. The molecule has 1 aromatic carbocycles. The Morgan fingerprint density at radius 2 is 1.93 bits per heavy atom. The van der Waals surface area contributed by atoms with Crippen molar-refractivity contribution >= 4 is 0 Å².